The van der Waals surface area contributed by atoms with Crippen molar-refractivity contribution in [3.05, 3.63) is 30.1 Å². The molecule has 0 spiro atoms. The van der Waals surface area contributed by atoms with Crippen LogP contribution in [0.4, 0.5) is 0 Å². The van der Waals surface area contributed by atoms with E-state index in [0.717, 1.165) is 16.6 Å². The highest BCUT2D eigenvalue weighted by Crippen LogP contribution is 2.25. The van der Waals surface area contributed by atoms with Crippen molar-refractivity contribution in [1.82, 2.24) is 9.97 Å². The Hall–Kier alpha value is -1.39. The Morgan fingerprint density at radius 2 is 2.33 bits per heavy atom. The second-order valence-electron chi connectivity index (χ2n) is 3.77. The molecule has 1 heterocycles. The maximum Gasteiger partial charge on any atom is 0.102 e. The lowest BCUT2D eigenvalue weighted by Gasteiger charge is -2.26. The maximum atomic E-state index is 5.72. The number of hydrogen-bond donors (Lipinski definition) is 2. The summed E-state index contributed by atoms with van der Waals surface area (Å²) in [6.07, 6.45) is 1.68. The number of rotatable bonds is 3. The lowest BCUT2D eigenvalue weighted by atomic mass is 9.95. The number of nitrogens with one attached hydrogen (secondary N) is 1. The molecule has 0 aliphatic rings. The molecule has 4 nitrogen and oxygen atoms in total. The van der Waals surface area contributed by atoms with Gasteiger partial charge < -0.3 is 15.5 Å². The van der Waals surface area contributed by atoms with Gasteiger partial charge in [-0.1, -0.05) is 6.07 Å². The highest BCUT2D eigenvalue weighted by Gasteiger charge is 2.24. The summed E-state index contributed by atoms with van der Waals surface area (Å²) in [5.41, 5.74) is 8.30. The minimum atomic E-state index is -0.431. The van der Waals surface area contributed by atoms with Gasteiger partial charge in [0.1, 0.15) is 5.60 Å². The van der Waals surface area contributed by atoms with E-state index in [4.69, 9.17) is 10.5 Å². The molecular weight excluding hydrogens is 190 g/mol. The summed E-state index contributed by atoms with van der Waals surface area (Å²) in [5.74, 6) is 0. The number of nitrogens with zero attached hydrogens (tertiary/aromatic N) is 1. The predicted octanol–water partition coefficient (Wildman–Crippen LogP) is 1.38. The van der Waals surface area contributed by atoms with Crippen LogP contribution in [0.3, 0.4) is 0 Å². The van der Waals surface area contributed by atoms with Crippen LogP contribution < -0.4 is 5.73 Å². The third-order valence-electron chi connectivity index (χ3n) is 2.87. The van der Waals surface area contributed by atoms with Gasteiger partial charge in [-0.3, -0.25) is 0 Å². The fourth-order valence-electron chi connectivity index (χ4n) is 1.58. The molecule has 1 aromatic carbocycles. The van der Waals surface area contributed by atoms with Crippen LogP contribution in [0, 0.1) is 0 Å². The van der Waals surface area contributed by atoms with E-state index in [0.29, 0.717) is 6.54 Å². The lowest BCUT2D eigenvalue weighted by molar-refractivity contribution is 0.0102. The summed E-state index contributed by atoms with van der Waals surface area (Å²) in [5, 5.41) is 0. The number of methoxy groups -OCH3 is 1. The summed E-state index contributed by atoms with van der Waals surface area (Å²) < 4.78 is 5.44. The number of benzene rings is 1. The Kier molecular flexibility index (Phi) is 2.46. The second kappa shape index (κ2) is 3.64. The van der Waals surface area contributed by atoms with E-state index in [-0.39, 0.29) is 0 Å². The lowest BCUT2D eigenvalue weighted by Crippen LogP contribution is -2.33. The summed E-state index contributed by atoms with van der Waals surface area (Å²) >= 11 is 0. The fraction of sp³-hybridized carbons (Fsp3) is 0.364. The molecule has 0 saturated heterocycles. The van der Waals surface area contributed by atoms with Crippen molar-refractivity contribution in [3.8, 4) is 0 Å². The average molecular weight is 205 g/mol. The van der Waals surface area contributed by atoms with Crippen molar-refractivity contribution in [2.45, 2.75) is 12.5 Å². The normalized spacial score (nSPS) is 15.4. The van der Waals surface area contributed by atoms with Gasteiger partial charge in [0.25, 0.3) is 0 Å². The zero-order valence-electron chi connectivity index (χ0n) is 8.95. The van der Waals surface area contributed by atoms with Crippen LogP contribution in [0.1, 0.15) is 12.5 Å². The predicted molar refractivity (Wildman–Crippen MR) is 59.5 cm³/mol. The van der Waals surface area contributed by atoms with Gasteiger partial charge in [-0.25, -0.2) is 4.98 Å². The Balaban J connectivity index is 2.51. The summed E-state index contributed by atoms with van der Waals surface area (Å²) in [7, 11) is 1.67. The molecule has 3 N–H and O–H groups in total. The van der Waals surface area contributed by atoms with E-state index in [1.165, 1.54) is 0 Å². The standard InChI is InChI=1S/C11H15N3O/c1-11(6-12,15-2)8-3-4-9-10(5-8)14-7-13-9/h3-5,7H,6,12H2,1-2H3,(H,13,14). The third kappa shape index (κ3) is 1.62. The topological polar surface area (TPSA) is 63.9 Å². The van der Waals surface area contributed by atoms with Crippen molar-refractivity contribution in [3.63, 3.8) is 0 Å². The molecule has 0 bridgehead atoms. The molecule has 1 unspecified atom stereocenters. The SMILES string of the molecule is COC(C)(CN)c1ccc2nc[nH]c2c1. The zero-order chi connectivity index (χ0) is 10.9. The molecule has 0 aliphatic carbocycles. The number of hydrogen-bond acceptors (Lipinski definition) is 3. The van der Waals surface area contributed by atoms with Gasteiger partial charge in [-0.05, 0) is 24.6 Å². The molecule has 80 valence electrons. The Morgan fingerprint density at radius 1 is 1.53 bits per heavy atom. The Labute approximate surface area is 88.5 Å². The molecule has 2 aromatic rings. The quantitative estimate of drug-likeness (QED) is 0.795. The van der Waals surface area contributed by atoms with Crippen molar-refractivity contribution in [1.29, 1.82) is 0 Å². The Bertz CT molecular complexity index is 460. The minimum Gasteiger partial charge on any atom is -0.372 e. The third-order valence-corrected chi connectivity index (χ3v) is 2.87. The number of fused-ring (bicyclic) bond motifs is 1. The highest BCUT2D eigenvalue weighted by molar-refractivity contribution is 5.75. The van der Waals surface area contributed by atoms with Crippen molar-refractivity contribution in [2.24, 2.45) is 5.73 Å². The van der Waals surface area contributed by atoms with Gasteiger partial charge in [0.2, 0.25) is 0 Å². The van der Waals surface area contributed by atoms with Crippen LogP contribution in [0.5, 0.6) is 0 Å². The highest BCUT2D eigenvalue weighted by atomic mass is 16.5. The number of nitrogens with two attached hydrogens (primary N) is 1. The summed E-state index contributed by atoms with van der Waals surface area (Å²) in [6.45, 7) is 2.42. The number of ether oxygens (including phenoxy) is 1. The van der Waals surface area contributed by atoms with Crippen LogP contribution in [0.2, 0.25) is 0 Å². The first kappa shape index (κ1) is 10.1. The molecule has 0 amide bonds. The van der Waals surface area contributed by atoms with Gasteiger partial charge in [0.15, 0.2) is 0 Å². The van der Waals surface area contributed by atoms with Crippen molar-refractivity contribution >= 4 is 11.0 Å². The maximum absolute atomic E-state index is 5.72. The van der Waals surface area contributed by atoms with Crippen LogP contribution in [-0.4, -0.2) is 23.6 Å². The molecule has 15 heavy (non-hydrogen) atoms. The van der Waals surface area contributed by atoms with E-state index in [1.807, 2.05) is 25.1 Å². The molecule has 4 heteroatoms. The zero-order valence-corrected chi connectivity index (χ0v) is 8.95. The molecule has 0 radical (unpaired) electrons. The number of aromatic amines is 1. The van der Waals surface area contributed by atoms with E-state index in [2.05, 4.69) is 9.97 Å². The van der Waals surface area contributed by atoms with Gasteiger partial charge in [-0.2, -0.15) is 0 Å². The first-order valence-electron chi connectivity index (χ1n) is 4.88. The van der Waals surface area contributed by atoms with Crippen molar-refractivity contribution < 1.29 is 4.74 Å². The Morgan fingerprint density at radius 3 is 3.00 bits per heavy atom. The van der Waals surface area contributed by atoms with Crippen LogP contribution in [0.25, 0.3) is 11.0 Å². The van der Waals surface area contributed by atoms with E-state index in [9.17, 15) is 0 Å². The van der Waals surface area contributed by atoms with Crippen LogP contribution in [0.15, 0.2) is 24.5 Å². The van der Waals surface area contributed by atoms with Gasteiger partial charge in [0.05, 0.1) is 17.4 Å². The van der Waals surface area contributed by atoms with E-state index in [1.54, 1.807) is 13.4 Å². The number of imidazole rings is 1. The number of aromatic nitrogens is 2. The summed E-state index contributed by atoms with van der Waals surface area (Å²) in [6, 6.07) is 5.99. The fourth-order valence-corrected chi connectivity index (χ4v) is 1.58. The molecular formula is C11H15N3O. The molecule has 2 rings (SSSR count). The largest absolute Gasteiger partial charge is 0.372 e. The van der Waals surface area contributed by atoms with E-state index >= 15 is 0 Å². The van der Waals surface area contributed by atoms with Gasteiger partial charge in [0, 0.05) is 13.7 Å². The monoisotopic (exact) mass is 205 g/mol. The van der Waals surface area contributed by atoms with E-state index < -0.39 is 5.60 Å². The van der Waals surface area contributed by atoms with Crippen LogP contribution in [-0.2, 0) is 10.3 Å². The van der Waals surface area contributed by atoms with Gasteiger partial charge >= 0.3 is 0 Å². The summed E-state index contributed by atoms with van der Waals surface area (Å²) in [4.78, 5) is 7.24. The van der Waals surface area contributed by atoms with Gasteiger partial charge in [-0.15, -0.1) is 0 Å². The van der Waals surface area contributed by atoms with Crippen LogP contribution >= 0.6 is 0 Å². The van der Waals surface area contributed by atoms with Crippen molar-refractivity contribution in [2.75, 3.05) is 13.7 Å². The second-order valence-corrected chi connectivity index (χ2v) is 3.77. The number of H-pyrrole nitrogens is 1. The minimum absolute atomic E-state index is 0.431. The first-order chi connectivity index (χ1) is 7.19. The molecule has 0 aliphatic heterocycles. The molecule has 1 aromatic heterocycles. The smallest absolute Gasteiger partial charge is 0.102 e. The molecule has 0 saturated carbocycles. The molecule has 1 atom stereocenters. The molecule has 0 fully saturated rings. The first-order valence-corrected chi connectivity index (χ1v) is 4.88. The average Bonchev–Trinajstić information content (AvgIpc) is 2.74.